The number of ketones is 1. The second kappa shape index (κ2) is 6.53. The molecule has 134 valence electrons. The van der Waals surface area contributed by atoms with Gasteiger partial charge in [-0.1, -0.05) is 0 Å². The molecule has 0 saturated carbocycles. The largest absolute Gasteiger partial charge is 0.460 e. The van der Waals surface area contributed by atoms with Crippen LogP contribution in [0.5, 0.6) is 0 Å². The van der Waals surface area contributed by atoms with Crippen LogP contribution in [0.25, 0.3) is 0 Å². The summed E-state index contributed by atoms with van der Waals surface area (Å²) in [4.78, 5) is 22.5. The Labute approximate surface area is 129 Å². The quantitative estimate of drug-likeness (QED) is 0.464. The van der Waals surface area contributed by atoms with Gasteiger partial charge >= 0.3 is 23.9 Å². The van der Waals surface area contributed by atoms with Crippen LogP contribution in [0, 0.1) is 0 Å². The Hall–Kier alpha value is -2.53. The number of amides is 1. The van der Waals surface area contributed by atoms with Crippen LogP contribution in [0.1, 0.15) is 17.5 Å². The van der Waals surface area contributed by atoms with Crippen LogP contribution < -0.4 is 10.9 Å². The summed E-state index contributed by atoms with van der Waals surface area (Å²) in [5.74, 6) is -16.5. The standard InChI is InChI=1S/C12H9F7N2O3/c1-6(20-21-9(23)7-3-2-4-24-7)5-8(22)10(13,14)11(15,16)12(17,18)19/h2-5,20H,1H3,(H,21,23)/b6-5-. The van der Waals surface area contributed by atoms with Gasteiger partial charge in [0.25, 0.3) is 0 Å². The summed E-state index contributed by atoms with van der Waals surface area (Å²) in [6.07, 6.45) is -5.67. The van der Waals surface area contributed by atoms with E-state index in [1.165, 1.54) is 12.1 Å². The van der Waals surface area contributed by atoms with Crippen LogP contribution in [0.2, 0.25) is 0 Å². The highest BCUT2D eigenvalue weighted by Crippen LogP contribution is 2.47. The molecule has 1 amide bonds. The zero-order chi connectivity index (χ0) is 18.8. The number of hydrogen-bond acceptors (Lipinski definition) is 4. The van der Waals surface area contributed by atoms with Gasteiger partial charge in [0.05, 0.1) is 6.26 Å². The minimum Gasteiger partial charge on any atom is -0.459 e. The van der Waals surface area contributed by atoms with Crippen LogP contribution in [0.4, 0.5) is 30.7 Å². The molecule has 0 radical (unpaired) electrons. The van der Waals surface area contributed by atoms with Crippen molar-refractivity contribution in [3.05, 3.63) is 35.9 Å². The molecule has 0 atom stereocenters. The van der Waals surface area contributed by atoms with Crippen molar-refractivity contribution in [2.24, 2.45) is 0 Å². The molecule has 1 aromatic heterocycles. The fourth-order valence-electron chi connectivity index (χ4n) is 1.28. The number of hydrogen-bond donors (Lipinski definition) is 2. The Bertz CT molecular complexity index is 636. The van der Waals surface area contributed by atoms with Gasteiger partial charge in [-0.15, -0.1) is 0 Å². The Balaban J connectivity index is 2.80. The third kappa shape index (κ3) is 3.86. The van der Waals surface area contributed by atoms with Gasteiger partial charge in [-0.3, -0.25) is 15.0 Å². The van der Waals surface area contributed by atoms with Crippen molar-refractivity contribution in [1.29, 1.82) is 0 Å². The van der Waals surface area contributed by atoms with Crippen molar-refractivity contribution in [1.82, 2.24) is 10.9 Å². The van der Waals surface area contributed by atoms with E-state index in [9.17, 15) is 40.3 Å². The van der Waals surface area contributed by atoms with E-state index in [-0.39, 0.29) is 11.8 Å². The Morgan fingerprint density at radius 3 is 2.12 bits per heavy atom. The van der Waals surface area contributed by atoms with Crippen molar-refractivity contribution >= 4 is 11.7 Å². The van der Waals surface area contributed by atoms with E-state index >= 15 is 0 Å². The number of halogens is 7. The number of allylic oxidation sites excluding steroid dienone is 2. The highest BCUT2D eigenvalue weighted by Gasteiger charge is 2.75. The maximum absolute atomic E-state index is 13.1. The molecule has 1 rings (SSSR count). The molecule has 1 aromatic rings. The Morgan fingerprint density at radius 2 is 1.67 bits per heavy atom. The van der Waals surface area contributed by atoms with Gasteiger partial charge in [-0.05, 0) is 19.1 Å². The maximum atomic E-state index is 13.1. The van der Waals surface area contributed by atoms with E-state index in [1.54, 1.807) is 0 Å². The monoisotopic (exact) mass is 362 g/mol. The summed E-state index contributed by atoms with van der Waals surface area (Å²) in [5, 5.41) is 0. The summed E-state index contributed by atoms with van der Waals surface area (Å²) in [6.45, 7) is 0.877. The van der Waals surface area contributed by atoms with Crippen molar-refractivity contribution < 1.29 is 44.7 Å². The van der Waals surface area contributed by atoms with Crippen molar-refractivity contribution in [2.75, 3.05) is 0 Å². The summed E-state index contributed by atoms with van der Waals surface area (Å²) in [6, 6.07) is 2.57. The van der Waals surface area contributed by atoms with Crippen molar-refractivity contribution in [3.63, 3.8) is 0 Å². The average molecular weight is 362 g/mol. The van der Waals surface area contributed by atoms with Gasteiger partial charge in [-0.25, -0.2) is 0 Å². The summed E-state index contributed by atoms with van der Waals surface area (Å²) in [5.41, 5.74) is 3.12. The average Bonchev–Trinajstić information content (AvgIpc) is 2.97. The van der Waals surface area contributed by atoms with Crippen molar-refractivity contribution in [2.45, 2.75) is 24.9 Å². The third-order valence-corrected chi connectivity index (χ3v) is 2.53. The van der Waals surface area contributed by atoms with Crippen LogP contribution in [-0.2, 0) is 4.79 Å². The first kappa shape index (κ1) is 19.5. The molecule has 2 N–H and O–H groups in total. The van der Waals surface area contributed by atoms with E-state index in [1.807, 2.05) is 10.9 Å². The molecule has 0 fully saturated rings. The lowest BCUT2D eigenvalue weighted by Crippen LogP contribution is -2.55. The molecule has 0 saturated heterocycles. The van der Waals surface area contributed by atoms with Crippen LogP contribution in [0.3, 0.4) is 0 Å². The molecule has 0 aromatic carbocycles. The molecule has 0 bridgehead atoms. The second-order valence-corrected chi connectivity index (χ2v) is 4.39. The smallest absolute Gasteiger partial charge is 0.459 e. The zero-order valence-corrected chi connectivity index (χ0v) is 11.7. The molecule has 1 heterocycles. The first-order valence-electron chi connectivity index (χ1n) is 5.95. The number of nitrogens with one attached hydrogen (secondary N) is 2. The number of furan rings is 1. The number of carbonyl (C=O) groups excluding carboxylic acids is 2. The highest BCUT2D eigenvalue weighted by molar-refractivity contribution is 5.97. The van der Waals surface area contributed by atoms with E-state index in [0.717, 1.165) is 13.2 Å². The lowest BCUT2D eigenvalue weighted by molar-refractivity contribution is -0.342. The van der Waals surface area contributed by atoms with Gasteiger partial charge in [0.15, 0.2) is 5.76 Å². The first-order chi connectivity index (χ1) is 10.8. The van der Waals surface area contributed by atoms with Gasteiger partial charge in [-0.2, -0.15) is 30.7 Å². The molecule has 0 unspecified atom stereocenters. The number of carbonyl (C=O) groups is 2. The van der Waals surface area contributed by atoms with E-state index < -0.39 is 35.4 Å². The molecule has 5 nitrogen and oxygen atoms in total. The minimum absolute atomic E-state index is 0.192. The lowest BCUT2D eigenvalue weighted by atomic mass is 10.1. The van der Waals surface area contributed by atoms with E-state index in [0.29, 0.717) is 0 Å². The van der Waals surface area contributed by atoms with Crippen LogP contribution in [0.15, 0.2) is 34.6 Å². The summed E-state index contributed by atoms with van der Waals surface area (Å²) in [7, 11) is 0. The minimum atomic E-state index is -6.62. The number of alkyl halides is 7. The summed E-state index contributed by atoms with van der Waals surface area (Å²) < 4.78 is 92.0. The number of rotatable bonds is 6. The molecular formula is C12H9F7N2O3. The Morgan fingerprint density at radius 1 is 1.08 bits per heavy atom. The molecule has 24 heavy (non-hydrogen) atoms. The van der Waals surface area contributed by atoms with Gasteiger partial charge in [0, 0.05) is 11.8 Å². The molecule has 0 aliphatic carbocycles. The SMILES string of the molecule is C/C(=C/C(=O)C(F)(F)C(F)(F)C(F)(F)F)NNC(=O)c1ccco1. The second-order valence-electron chi connectivity index (χ2n) is 4.39. The lowest BCUT2D eigenvalue weighted by Gasteiger charge is -2.26. The molecule has 0 aliphatic rings. The predicted octanol–water partition coefficient (Wildman–Crippen LogP) is 2.82. The Kier molecular flexibility index (Phi) is 5.31. The predicted molar refractivity (Wildman–Crippen MR) is 64.0 cm³/mol. The number of hydrazine groups is 1. The van der Waals surface area contributed by atoms with Gasteiger partial charge in [0.2, 0.25) is 5.78 Å². The molecule has 12 heteroatoms. The van der Waals surface area contributed by atoms with E-state index in [2.05, 4.69) is 4.42 Å². The normalized spacial score (nSPS) is 13.6. The highest BCUT2D eigenvalue weighted by atomic mass is 19.4. The van der Waals surface area contributed by atoms with E-state index in [4.69, 9.17) is 0 Å². The topological polar surface area (TPSA) is 71.3 Å². The molecular weight excluding hydrogens is 353 g/mol. The third-order valence-electron chi connectivity index (χ3n) is 2.53. The summed E-state index contributed by atoms with van der Waals surface area (Å²) >= 11 is 0. The maximum Gasteiger partial charge on any atom is 0.460 e. The van der Waals surface area contributed by atoms with Gasteiger partial charge < -0.3 is 9.84 Å². The fourth-order valence-corrected chi connectivity index (χ4v) is 1.28. The first-order valence-corrected chi connectivity index (χ1v) is 5.95. The van der Waals surface area contributed by atoms with Crippen molar-refractivity contribution in [3.8, 4) is 0 Å². The van der Waals surface area contributed by atoms with Crippen LogP contribution >= 0.6 is 0 Å². The molecule has 0 spiro atoms. The zero-order valence-electron chi connectivity index (χ0n) is 11.7. The van der Waals surface area contributed by atoms with Crippen LogP contribution in [-0.4, -0.2) is 29.7 Å². The molecule has 0 aliphatic heterocycles. The van der Waals surface area contributed by atoms with Gasteiger partial charge in [0.1, 0.15) is 0 Å². The fraction of sp³-hybridized carbons (Fsp3) is 0.333.